The third-order valence-electron chi connectivity index (χ3n) is 5.05. The molecule has 2 aliphatic rings. The lowest BCUT2D eigenvalue weighted by Gasteiger charge is -2.40. The molecule has 1 unspecified atom stereocenters. The molecule has 1 aromatic heterocycles. The number of nitrogens with one attached hydrogen (secondary N) is 2. The maximum absolute atomic E-state index is 12.4. The van der Waals surface area contributed by atoms with Crippen LogP contribution in [0.1, 0.15) is 25.5 Å². The number of rotatable bonds is 4. The molecule has 0 bridgehead atoms. The minimum Gasteiger partial charge on any atom is -0.387 e. The molecule has 0 aliphatic carbocycles. The van der Waals surface area contributed by atoms with Crippen molar-refractivity contribution in [1.82, 2.24) is 14.9 Å². The lowest BCUT2D eigenvalue weighted by Crippen LogP contribution is -2.59. The zero-order chi connectivity index (χ0) is 21.4. The number of hydrogen-bond acceptors (Lipinski definition) is 7. The molecule has 1 aromatic rings. The highest BCUT2D eigenvalue weighted by Crippen LogP contribution is 2.43. The Labute approximate surface area is 161 Å². The van der Waals surface area contributed by atoms with Gasteiger partial charge in [0.15, 0.2) is 11.8 Å². The zero-order valence-electron chi connectivity index (χ0n) is 15.0. The van der Waals surface area contributed by atoms with E-state index in [-0.39, 0.29) is 6.61 Å². The standard InChI is InChI=1S/C16H20F3N3O7/c17-16(18,19)12(25)20-7-8-11(24)15(27,9-3-1-2-6-28-9)13(29-8)22-5-4-10(23)21-14(22)26/h4-5,8-9,11,13,24,27H,1-3,6-7H2,(H,20,25)(H,21,23,26)/t8-,9?,11-,13-,15-/m1/s1. The van der Waals surface area contributed by atoms with Crippen molar-refractivity contribution in [2.24, 2.45) is 0 Å². The second-order valence-electron chi connectivity index (χ2n) is 6.94. The van der Waals surface area contributed by atoms with E-state index in [1.807, 2.05) is 4.98 Å². The molecule has 162 valence electrons. The van der Waals surface area contributed by atoms with Crippen molar-refractivity contribution in [1.29, 1.82) is 0 Å². The Morgan fingerprint density at radius 1 is 1.38 bits per heavy atom. The fourth-order valence-corrected chi connectivity index (χ4v) is 3.60. The summed E-state index contributed by atoms with van der Waals surface area (Å²) in [6, 6.07) is 0.984. The van der Waals surface area contributed by atoms with Crippen LogP contribution in [-0.2, 0) is 14.3 Å². The number of aliphatic hydroxyl groups is 2. The largest absolute Gasteiger partial charge is 0.471 e. The highest BCUT2D eigenvalue weighted by atomic mass is 19.4. The first-order valence-corrected chi connectivity index (χ1v) is 8.89. The van der Waals surface area contributed by atoms with Gasteiger partial charge in [-0.25, -0.2) is 4.79 Å². The average Bonchev–Trinajstić information content (AvgIpc) is 2.92. The van der Waals surface area contributed by atoms with Crippen LogP contribution in [0, 0.1) is 0 Å². The number of aromatic amines is 1. The lowest BCUT2D eigenvalue weighted by molar-refractivity contribution is -0.198. The Bertz CT molecular complexity index is 864. The van der Waals surface area contributed by atoms with Gasteiger partial charge in [-0.1, -0.05) is 0 Å². The minimum absolute atomic E-state index is 0.266. The van der Waals surface area contributed by atoms with Gasteiger partial charge in [0.2, 0.25) is 0 Å². The summed E-state index contributed by atoms with van der Waals surface area (Å²) in [6.07, 6.45) is -8.28. The van der Waals surface area contributed by atoms with Gasteiger partial charge in [0.25, 0.3) is 5.56 Å². The molecule has 4 N–H and O–H groups in total. The van der Waals surface area contributed by atoms with Crippen LogP contribution in [0.2, 0.25) is 0 Å². The first kappa shape index (κ1) is 21.5. The summed E-state index contributed by atoms with van der Waals surface area (Å²) < 4.78 is 49.1. The van der Waals surface area contributed by atoms with E-state index in [2.05, 4.69) is 0 Å². The summed E-state index contributed by atoms with van der Waals surface area (Å²) in [5.74, 6) is -2.24. The van der Waals surface area contributed by atoms with E-state index in [0.29, 0.717) is 19.3 Å². The van der Waals surface area contributed by atoms with Gasteiger partial charge in [-0.2, -0.15) is 13.2 Å². The second-order valence-corrected chi connectivity index (χ2v) is 6.94. The zero-order valence-corrected chi connectivity index (χ0v) is 15.0. The molecule has 2 saturated heterocycles. The SMILES string of the molecule is O=C(NC[C@H]1O[C@@H](n2ccc(=O)[nH]c2=O)[C@@](O)(C2CCCCO2)[C@@H]1O)C(F)(F)F. The van der Waals surface area contributed by atoms with E-state index < -0.39 is 60.0 Å². The molecule has 0 saturated carbocycles. The molecule has 0 aromatic carbocycles. The highest BCUT2D eigenvalue weighted by molar-refractivity contribution is 5.81. The number of aliphatic hydroxyl groups excluding tert-OH is 1. The quantitative estimate of drug-likeness (QED) is 0.475. The fourth-order valence-electron chi connectivity index (χ4n) is 3.60. The van der Waals surface area contributed by atoms with Crippen LogP contribution >= 0.6 is 0 Å². The second kappa shape index (κ2) is 7.89. The van der Waals surface area contributed by atoms with Crippen LogP contribution in [0.15, 0.2) is 21.9 Å². The molecule has 10 nitrogen and oxygen atoms in total. The van der Waals surface area contributed by atoms with Gasteiger partial charge in [0.1, 0.15) is 12.2 Å². The van der Waals surface area contributed by atoms with Crippen LogP contribution in [0.4, 0.5) is 13.2 Å². The van der Waals surface area contributed by atoms with Crippen molar-refractivity contribution < 1.29 is 37.7 Å². The Hall–Kier alpha value is -2.22. The third kappa shape index (κ3) is 4.08. The molecule has 0 spiro atoms. The number of halogens is 3. The molecular weight excluding hydrogens is 403 g/mol. The van der Waals surface area contributed by atoms with Crippen LogP contribution in [-0.4, -0.2) is 68.9 Å². The number of carbonyl (C=O) groups is 1. The molecule has 3 heterocycles. The van der Waals surface area contributed by atoms with E-state index in [9.17, 15) is 37.8 Å². The van der Waals surface area contributed by atoms with E-state index in [1.54, 1.807) is 5.32 Å². The first-order valence-electron chi connectivity index (χ1n) is 8.89. The molecule has 29 heavy (non-hydrogen) atoms. The maximum Gasteiger partial charge on any atom is 0.471 e. The number of ether oxygens (including phenoxy) is 2. The van der Waals surface area contributed by atoms with E-state index >= 15 is 0 Å². The van der Waals surface area contributed by atoms with Gasteiger partial charge >= 0.3 is 17.8 Å². The molecule has 5 atom stereocenters. The Morgan fingerprint density at radius 2 is 2.10 bits per heavy atom. The molecule has 2 fully saturated rings. The topological polar surface area (TPSA) is 143 Å². The van der Waals surface area contributed by atoms with E-state index in [1.165, 1.54) is 0 Å². The van der Waals surface area contributed by atoms with Crippen LogP contribution < -0.4 is 16.6 Å². The minimum atomic E-state index is -5.14. The van der Waals surface area contributed by atoms with Crippen LogP contribution in [0.3, 0.4) is 0 Å². The van der Waals surface area contributed by atoms with Gasteiger partial charge in [0, 0.05) is 25.4 Å². The predicted octanol–water partition coefficient (Wildman–Crippen LogP) is -1.23. The summed E-state index contributed by atoms with van der Waals surface area (Å²) in [4.78, 5) is 36.6. The fraction of sp³-hybridized carbons (Fsp3) is 0.688. The molecule has 3 rings (SSSR count). The first-order chi connectivity index (χ1) is 13.5. The van der Waals surface area contributed by atoms with Gasteiger partial charge in [-0.15, -0.1) is 0 Å². The van der Waals surface area contributed by atoms with Crippen molar-refractivity contribution in [3.05, 3.63) is 33.1 Å². The van der Waals surface area contributed by atoms with Crippen LogP contribution in [0.5, 0.6) is 0 Å². The van der Waals surface area contributed by atoms with Gasteiger partial charge in [-0.05, 0) is 19.3 Å². The number of aromatic nitrogens is 2. The number of hydrogen-bond donors (Lipinski definition) is 4. The smallest absolute Gasteiger partial charge is 0.387 e. The number of alkyl halides is 3. The van der Waals surface area contributed by atoms with Gasteiger partial charge in [0.05, 0.1) is 6.10 Å². The molecule has 2 aliphatic heterocycles. The van der Waals surface area contributed by atoms with Crippen LogP contribution in [0.25, 0.3) is 0 Å². The summed E-state index contributed by atoms with van der Waals surface area (Å²) in [7, 11) is 0. The Kier molecular flexibility index (Phi) is 5.85. The number of H-pyrrole nitrogens is 1. The van der Waals surface area contributed by atoms with E-state index in [4.69, 9.17) is 9.47 Å². The Morgan fingerprint density at radius 3 is 2.69 bits per heavy atom. The molecule has 1 amide bonds. The maximum atomic E-state index is 12.4. The Balaban J connectivity index is 1.92. The molecular formula is C16H20F3N3O7. The van der Waals surface area contributed by atoms with Gasteiger partial charge < -0.3 is 25.0 Å². The molecule has 0 radical (unpaired) electrons. The monoisotopic (exact) mass is 423 g/mol. The summed E-state index contributed by atoms with van der Waals surface area (Å²) in [5, 5.41) is 23.6. The van der Waals surface area contributed by atoms with E-state index in [0.717, 1.165) is 16.8 Å². The normalized spacial score (nSPS) is 32.9. The summed E-state index contributed by atoms with van der Waals surface area (Å²) >= 11 is 0. The van der Waals surface area contributed by atoms with Gasteiger partial charge in [-0.3, -0.25) is 19.1 Å². The number of carbonyl (C=O) groups excluding carboxylic acids is 1. The van der Waals surface area contributed by atoms with Crippen molar-refractivity contribution >= 4 is 5.91 Å². The molecule has 13 heteroatoms. The number of amides is 1. The predicted molar refractivity (Wildman–Crippen MR) is 88.8 cm³/mol. The van der Waals surface area contributed by atoms with Crippen molar-refractivity contribution in [2.45, 2.75) is 55.6 Å². The van der Waals surface area contributed by atoms with Crippen molar-refractivity contribution in [3.63, 3.8) is 0 Å². The lowest BCUT2D eigenvalue weighted by atomic mass is 9.84. The van der Waals surface area contributed by atoms with Crippen molar-refractivity contribution in [3.8, 4) is 0 Å². The third-order valence-corrected chi connectivity index (χ3v) is 5.05. The average molecular weight is 423 g/mol. The summed E-state index contributed by atoms with van der Waals surface area (Å²) in [6.45, 7) is -0.508. The number of nitrogens with zero attached hydrogens (tertiary/aromatic N) is 1. The summed E-state index contributed by atoms with van der Waals surface area (Å²) in [5.41, 5.74) is -3.88. The highest BCUT2D eigenvalue weighted by Gasteiger charge is 2.61. The van der Waals surface area contributed by atoms with Crippen molar-refractivity contribution in [2.75, 3.05) is 13.2 Å².